The van der Waals surface area contributed by atoms with Crippen molar-refractivity contribution >= 4 is 15.9 Å². The van der Waals surface area contributed by atoms with Gasteiger partial charge in [-0.3, -0.25) is 0 Å². The predicted octanol–water partition coefficient (Wildman–Crippen LogP) is 2.80. The molecule has 0 bridgehead atoms. The summed E-state index contributed by atoms with van der Waals surface area (Å²) in [6.07, 6.45) is 1.26. The van der Waals surface area contributed by atoms with Crippen LogP contribution in [0.15, 0.2) is 28.7 Å². The van der Waals surface area contributed by atoms with Gasteiger partial charge in [0, 0.05) is 23.1 Å². The molecule has 3 heteroatoms. The lowest BCUT2D eigenvalue weighted by Gasteiger charge is -2.20. The van der Waals surface area contributed by atoms with Gasteiger partial charge in [-0.15, -0.1) is 0 Å². The number of likely N-dealkylation sites (N-methyl/N-ethyl adjacent to an activating group) is 1. The fourth-order valence-corrected chi connectivity index (χ4v) is 2.71. The van der Waals surface area contributed by atoms with Crippen LogP contribution in [0.5, 0.6) is 0 Å². The Morgan fingerprint density at radius 3 is 2.94 bits per heavy atom. The molecule has 1 heterocycles. The lowest BCUT2D eigenvalue weighted by atomic mass is 10.1. The standard InChI is InChI=1S/C13H19BrN2/c1-10(11-4-3-5-12(14)8-11)15-13-6-7-16(2)9-13/h3-5,8,10,13,15H,6-7,9H2,1-2H3. The smallest absolute Gasteiger partial charge is 0.0295 e. The summed E-state index contributed by atoms with van der Waals surface area (Å²) < 4.78 is 1.15. The van der Waals surface area contributed by atoms with Crippen LogP contribution in [-0.2, 0) is 0 Å². The van der Waals surface area contributed by atoms with E-state index in [0.29, 0.717) is 12.1 Å². The van der Waals surface area contributed by atoms with Crippen LogP contribution in [0.2, 0.25) is 0 Å². The van der Waals surface area contributed by atoms with Crippen molar-refractivity contribution in [2.75, 3.05) is 20.1 Å². The van der Waals surface area contributed by atoms with Crippen molar-refractivity contribution in [2.45, 2.75) is 25.4 Å². The fraction of sp³-hybridized carbons (Fsp3) is 0.538. The second kappa shape index (κ2) is 5.30. The molecule has 0 saturated carbocycles. The Hall–Kier alpha value is -0.380. The van der Waals surface area contributed by atoms with Gasteiger partial charge in [0.25, 0.3) is 0 Å². The van der Waals surface area contributed by atoms with Gasteiger partial charge >= 0.3 is 0 Å². The van der Waals surface area contributed by atoms with Crippen molar-refractivity contribution < 1.29 is 0 Å². The molecule has 1 aliphatic heterocycles. The molecule has 2 rings (SSSR count). The third-order valence-corrected chi connectivity index (χ3v) is 3.72. The molecule has 0 aliphatic carbocycles. The number of nitrogens with zero attached hydrogens (tertiary/aromatic N) is 1. The van der Waals surface area contributed by atoms with E-state index in [9.17, 15) is 0 Å². The highest BCUT2D eigenvalue weighted by Gasteiger charge is 2.20. The molecule has 88 valence electrons. The average molecular weight is 283 g/mol. The predicted molar refractivity (Wildman–Crippen MR) is 71.6 cm³/mol. The molecule has 1 aliphatic rings. The first-order chi connectivity index (χ1) is 7.65. The summed E-state index contributed by atoms with van der Waals surface area (Å²) in [5, 5.41) is 3.69. The Morgan fingerprint density at radius 1 is 1.50 bits per heavy atom. The van der Waals surface area contributed by atoms with E-state index < -0.39 is 0 Å². The molecular formula is C13H19BrN2. The van der Waals surface area contributed by atoms with Crippen molar-refractivity contribution in [1.29, 1.82) is 0 Å². The van der Waals surface area contributed by atoms with Gasteiger partial charge in [0.15, 0.2) is 0 Å². The zero-order valence-corrected chi connectivity index (χ0v) is 11.5. The van der Waals surface area contributed by atoms with Crippen LogP contribution in [0.1, 0.15) is 24.9 Å². The number of benzene rings is 1. The van der Waals surface area contributed by atoms with Crippen molar-refractivity contribution in [3.63, 3.8) is 0 Å². The maximum atomic E-state index is 3.69. The Kier molecular flexibility index (Phi) is 4.00. The van der Waals surface area contributed by atoms with Gasteiger partial charge in [-0.1, -0.05) is 28.1 Å². The van der Waals surface area contributed by atoms with Crippen molar-refractivity contribution in [3.05, 3.63) is 34.3 Å². The van der Waals surface area contributed by atoms with E-state index >= 15 is 0 Å². The molecule has 2 nitrogen and oxygen atoms in total. The van der Waals surface area contributed by atoms with Crippen LogP contribution in [0.25, 0.3) is 0 Å². The minimum Gasteiger partial charge on any atom is -0.306 e. The van der Waals surface area contributed by atoms with Crippen molar-refractivity contribution in [2.24, 2.45) is 0 Å². The molecule has 1 fully saturated rings. The number of nitrogens with one attached hydrogen (secondary N) is 1. The van der Waals surface area contributed by atoms with Gasteiger partial charge in [-0.05, 0) is 44.6 Å². The van der Waals surface area contributed by atoms with Crippen LogP contribution >= 0.6 is 15.9 Å². The Morgan fingerprint density at radius 2 is 2.31 bits per heavy atom. The second-order valence-electron chi connectivity index (χ2n) is 4.69. The Bertz CT molecular complexity index is 354. The number of halogens is 1. The number of likely N-dealkylation sites (tertiary alicyclic amines) is 1. The highest BCUT2D eigenvalue weighted by atomic mass is 79.9. The van der Waals surface area contributed by atoms with E-state index in [4.69, 9.17) is 0 Å². The Labute approximate surface area is 106 Å². The average Bonchev–Trinajstić information content (AvgIpc) is 2.64. The number of hydrogen-bond donors (Lipinski definition) is 1. The summed E-state index contributed by atoms with van der Waals surface area (Å²) in [7, 11) is 2.19. The molecule has 0 spiro atoms. The van der Waals surface area contributed by atoms with Crippen LogP contribution < -0.4 is 5.32 Å². The SMILES string of the molecule is CC(NC1CCN(C)C1)c1cccc(Br)c1. The lowest BCUT2D eigenvalue weighted by Crippen LogP contribution is -2.33. The first-order valence-corrected chi connectivity index (χ1v) is 6.64. The van der Waals surface area contributed by atoms with Gasteiger partial charge < -0.3 is 10.2 Å². The van der Waals surface area contributed by atoms with Gasteiger partial charge in [-0.25, -0.2) is 0 Å². The van der Waals surface area contributed by atoms with E-state index in [1.54, 1.807) is 0 Å². The van der Waals surface area contributed by atoms with Crippen LogP contribution in [-0.4, -0.2) is 31.1 Å². The molecule has 1 aromatic rings. The van der Waals surface area contributed by atoms with Crippen molar-refractivity contribution in [1.82, 2.24) is 10.2 Å². The molecule has 0 radical (unpaired) electrons. The van der Waals surface area contributed by atoms with E-state index in [1.165, 1.54) is 25.1 Å². The minimum atomic E-state index is 0.425. The molecule has 0 amide bonds. The van der Waals surface area contributed by atoms with Crippen LogP contribution in [0, 0.1) is 0 Å². The zero-order chi connectivity index (χ0) is 11.5. The minimum absolute atomic E-state index is 0.425. The van der Waals surface area contributed by atoms with Crippen LogP contribution in [0.4, 0.5) is 0 Å². The van der Waals surface area contributed by atoms with E-state index in [2.05, 4.69) is 64.4 Å². The number of hydrogen-bond acceptors (Lipinski definition) is 2. The topological polar surface area (TPSA) is 15.3 Å². The fourth-order valence-electron chi connectivity index (χ4n) is 2.30. The highest BCUT2D eigenvalue weighted by Crippen LogP contribution is 2.19. The van der Waals surface area contributed by atoms with Gasteiger partial charge in [0.05, 0.1) is 0 Å². The third kappa shape index (κ3) is 3.06. The first kappa shape index (κ1) is 12.1. The van der Waals surface area contributed by atoms with E-state index in [1.807, 2.05) is 0 Å². The normalized spacial score (nSPS) is 23.6. The third-order valence-electron chi connectivity index (χ3n) is 3.23. The van der Waals surface area contributed by atoms with Gasteiger partial charge in [0.2, 0.25) is 0 Å². The maximum Gasteiger partial charge on any atom is 0.0295 e. The van der Waals surface area contributed by atoms with E-state index in [0.717, 1.165) is 4.47 Å². The first-order valence-electron chi connectivity index (χ1n) is 5.85. The zero-order valence-electron chi connectivity index (χ0n) is 9.91. The van der Waals surface area contributed by atoms with Crippen LogP contribution in [0.3, 0.4) is 0 Å². The van der Waals surface area contributed by atoms with E-state index in [-0.39, 0.29) is 0 Å². The number of rotatable bonds is 3. The van der Waals surface area contributed by atoms with Crippen molar-refractivity contribution in [3.8, 4) is 0 Å². The second-order valence-corrected chi connectivity index (χ2v) is 5.61. The quantitative estimate of drug-likeness (QED) is 0.917. The summed E-state index contributed by atoms with van der Waals surface area (Å²) in [5.74, 6) is 0. The Balaban J connectivity index is 1.95. The maximum absolute atomic E-state index is 3.69. The van der Waals surface area contributed by atoms with Gasteiger partial charge in [0.1, 0.15) is 0 Å². The van der Waals surface area contributed by atoms with Gasteiger partial charge in [-0.2, -0.15) is 0 Å². The molecule has 1 N–H and O–H groups in total. The largest absolute Gasteiger partial charge is 0.306 e. The molecule has 2 atom stereocenters. The summed E-state index contributed by atoms with van der Waals surface area (Å²) in [5.41, 5.74) is 1.35. The summed E-state index contributed by atoms with van der Waals surface area (Å²) in [4.78, 5) is 2.38. The monoisotopic (exact) mass is 282 g/mol. The highest BCUT2D eigenvalue weighted by molar-refractivity contribution is 9.10. The summed E-state index contributed by atoms with van der Waals surface area (Å²) in [6.45, 7) is 4.61. The summed E-state index contributed by atoms with van der Waals surface area (Å²) in [6, 6.07) is 9.60. The molecule has 1 aromatic carbocycles. The molecule has 2 unspecified atom stereocenters. The molecule has 1 saturated heterocycles. The molecular weight excluding hydrogens is 264 g/mol. The molecule has 0 aromatic heterocycles. The molecule has 16 heavy (non-hydrogen) atoms. The lowest BCUT2D eigenvalue weighted by molar-refractivity contribution is 0.387. The summed E-state index contributed by atoms with van der Waals surface area (Å²) >= 11 is 3.52.